The fourth-order valence-electron chi connectivity index (χ4n) is 2.24. The van der Waals surface area contributed by atoms with Crippen LogP contribution in [-0.4, -0.2) is 36.4 Å². The first-order valence-electron chi connectivity index (χ1n) is 5.91. The maximum absolute atomic E-state index is 9.27. The minimum absolute atomic E-state index is 0.00331. The van der Waals surface area contributed by atoms with Crippen LogP contribution in [0.3, 0.4) is 0 Å². The molecule has 0 saturated carbocycles. The van der Waals surface area contributed by atoms with E-state index < -0.39 is 0 Å². The van der Waals surface area contributed by atoms with E-state index in [1.165, 1.54) is 0 Å². The lowest BCUT2D eigenvalue weighted by Gasteiger charge is -2.47. The molecule has 0 spiro atoms. The summed E-state index contributed by atoms with van der Waals surface area (Å²) in [7, 11) is 0. The molecule has 17 heavy (non-hydrogen) atoms. The predicted octanol–water partition coefficient (Wildman–Crippen LogP) is 1.89. The third-order valence-electron chi connectivity index (χ3n) is 3.32. The number of aliphatic hydroxyl groups is 1. The average Bonchev–Trinajstić information content (AvgIpc) is 2.30. The Morgan fingerprint density at radius 3 is 2.82 bits per heavy atom. The third kappa shape index (κ3) is 2.57. The van der Waals surface area contributed by atoms with Gasteiger partial charge in [0.2, 0.25) is 0 Å². The van der Waals surface area contributed by atoms with Crippen molar-refractivity contribution >= 4 is 17.3 Å². The van der Waals surface area contributed by atoms with Crippen LogP contribution in [0.5, 0.6) is 0 Å². The van der Waals surface area contributed by atoms with Gasteiger partial charge >= 0.3 is 0 Å². The number of aliphatic hydroxyl groups excluding tert-OH is 1. The number of para-hydroxylation sites is 1. The van der Waals surface area contributed by atoms with Gasteiger partial charge in [-0.1, -0.05) is 23.7 Å². The van der Waals surface area contributed by atoms with Gasteiger partial charge in [-0.05, 0) is 26.0 Å². The van der Waals surface area contributed by atoms with Crippen LogP contribution >= 0.6 is 11.6 Å². The Hall–Kier alpha value is -0.770. The molecular formula is C13H19ClN2O. The molecule has 1 aliphatic rings. The molecule has 1 heterocycles. The molecule has 1 fully saturated rings. The zero-order chi connectivity index (χ0) is 12.5. The molecule has 2 N–H and O–H groups in total. The fraction of sp³-hybridized carbons (Fsp3) is 0.538. The first kappa shape index (κ1) is 12.7. The number of halogens is 1. The van der Waals surface area contributed by atoms with E-state index in [0.29, 0.717) is 0 Å². The van der Waals surface area contributed by atoms with Crippen LogP contribution in [0.4, 0.5) is 5.69 Å². The first-order valence-corrected chi connectivity index (χ1v) is 6.29. The zero-order valence-corrected chi connectivity index (χ0v) is 11.0. The zero-order valence-electron chi connectivity index (χ0n) is 10.3. The molecule has 0 radical (unpaired) electrons. The number of nitrogens with zero attached hydrogens (tertiary/aromatic N) is 1. The lowest BCUT2D eigenvalue weighted by atomic mass is 9.96. The average molecular weight is 255 g/mol. The maximum atomic E-state index is 9.27. The van der Waals surface area contributed by atoms with Gasteiger partial charge in [0, 0.05) is 24.7 Å². The molecular weight excluding hydrogens is 236 g/mol. The molecule has 1 saturated heterocycles. The first-order chi connectivity index (χ1) is 8.04. The minimum atomic E-state index is -0.00331. The molecule has 1 unspecified atom stereocenters. The highest BCUT2D eigenvalue weighted by atomic mass is 35.5. The Labute approximate surface area is 107 Å². The van der Waals surface area contributed by atoms with E-state index in [1.807, 2.05) is 24.3 Å². The Morgan fingerprint density at radius 1 is 1.47 bits per heavy atom. The smallest absolute Gasteiger partial charge is 0.0639 e. The summed E-state index contributed by atoms with van der Waals surface area (Å²) in [6.07, 6.45) is 0. The molecule has 1 aliphatic heterocycles. The topological polar surface area (TPSA) is 35.5 Å². The van der Waals surface area contributed by atoms with Crippen molar-refractivity contribution in [2.24, 2.45) is 0 Å². The van der Waals surface area contributed by atoms with Gasteiger partial charge in [-0.2, -0.15) is 0 Å². The van der Waals surface area contributed by atoms with Gasteiger partial charge in [-0.3, -0.25) is 0 Å². The SMILES string of the molecule is CC1(C)CNC(CO)CN1c1ccccc1Cl. The van der Waals surface area contributed by atoms with Crippen LogP contribution in [-0.2, 0) is 0 Å². The van der Waals surface area contributed by atoms with E-state index >= 15 is 0 Å². The number of benzene rings is 1. The quantitative estimate of drug-likeness (QED) is 0.846. The number of anilines is 1. The van der Waals surface area contributed by atoms with E-state index in [0.717, 1.165) is 23.8 Å². The molecule has 2 rings (SSSR count). The van der Waals surface area contributed by atoms with Crippen molar-refractivity contribution < 1.29 is 5.11 Å². The van der Waals surface area contributed by atoms with Crippen molar-refractivity contribution in [1.29, 1.82) is 0 Å². The largest absolute Gasteiger partial charge is 0.395 e. The summed E-state index contributed by atoms with van der Waals surface area (Å²) in [6, 6.07) is 7.98. The van der Waals surface area contributed by atoms with Crippen LogP contribution in [0.15, 0.2) is 24.3 Å². The van der Waals surface area contributed by atoms with E-state index in [1.54, 1.807) is 0 Å². The number of rotatable bonds is 2. The lowest BCUT2D eigenvalue weighted by molar-refractivity contribution is 0.210. The minimum Gasteiger partial charge on any atom is -0.395 e. The molecule has 94 valence electrons. The Balaban J connectivity index is 2.30. The van der Waals surface area contributed by atoms with Crippen molar-refractivity contribution in [2.45, 2.75) is 25.4 Å². The van der Waals surface area contributed by atoms with Crippen molar-refractivity contribution in [2.75, 3.05) is 24.6 Å². The van der Waals surface area contributed by atoms with E-state index in [2.05, 4.69) is 24.1 Å². The number of nitrogens with one attached hydrogen (secondary N) is 1. The number of hydrogen-bond acceptors (Lipinski definition) is 3. The summed E-state index contributed by atoms with van der Waals surface area (Å²) in [6.45, 7) is 6.11. The Kier molecular flexibility index (Phi) is 3.61. The summed E-state index contributed by atoms with van der Waals surface area (Å²) in [5.41, 5.74) is 1.04. The maximum Gasteiger partial charge on any atom is 0.0639 e. The van der Waals surface area contributed by atoms with Crippen LogP contribution in [0.2, 0.25) is 5.02 Å². The van der Waals surface area contributed by atoms with Crippen LogP contribution < -0.4 is 10.2 Å². The molecule has 0 aliphatic carbocycles. The Bertz CT molecular complexity index is 395. The molecule has 1 atom stereocenters. The molecule has 4 heteroatoms. The van der Waals surface area contributed by atoms with Gasteiger partial charge < -0.3 is 15.3 Å². The summed E-state index contributed by atoms with van der Waals surface area (Å²) >= 11 is 6.25. The highest BCUT2D eigenvalue weighted by Crippen LogP contribution is 2.32. The third-order valence-corrected chi connectivity index (χ3v) is 3.64. The number of piperazine rings is 1. The van der Waals surface area contributed by atoms with Gasteiger partial charge in [-0.15, -0.1) is 0 Å². The van der Waals surface area contributed by atoms with Gasteiger partial charge in [-0.25, -0.2) is 0 Å². The fourth-order valence-corrected chi connectivity index (χ4v) is 2.48. The normalized spacial score (nSPS) is 23.8. The second kappa shape index (κ2) is 4.84. The summed E-state index contributed by atoms with van der Waals surface area (Å²) in [5, 5.41) is 13.4. The second-order valence-corrected chi connectivity index (χ2v) is 5.54. The Morgan fingerprint density at radius 2 is 2.18 bits per heavy atom. The highest BCUT2D eigenvalue weighted by molar-refractivity contribution is 6.33. The van der Waals surface area contributed by atoms with Crippen LogP contribution in [0.1, 0.15) is 13.8 Å². The van der Waals surface area contributed by atoms with Gasteiger partial charge in [0.25, 0.3) is 0 Å². The van der Waals surface area contributed by atoms with Gasteiger partial charge in [0.05, 0.1) is 17.3 Å². The second-order valence-electron chi connectivity index (χ2n) is 5.13. The highest BCUT2D eigenvalue weighted by Gasteiger charge is 2.34. The van der Waals surface area contributed by atoms with E-state index in [4.69, 9.17) is 11.6 Å². The molecule has 1 aromatic carbocycles. The lowest BCUT2D eigenvalue weighted by Crippen LogP contribution is -2.63. The predicted molar refractivity (Wildman–Crippen MR) is 71.8 cm³/mol. The molecule has 0 bridgehead atoms. The summed E-state index contributed by atoms with van der Waals surface area (Å²) in [4.78, 5) is 2.27. The van der Waals surface area contributed by atoms with Crippen molar-refractivity contribution in [1.82, 2.24) is 5.32 Å². The van der Waals surface area contributed by atoms with Gasteiger partial charge in [0.15, 0.2) is 0 Å². The molecule has 0 amide bonds. The molecule has 3 nitrogen and oxygen atoms in total. The van der Waals surface area contributed by atoms with Crippen LogP contribution in [0, 0.1) is 0 Å². The summed E-state index contributed by atoms with van der Waals surface area (Å²) in [5.74, 6) is 0. The summed E-state index contributed by atoms with van der Waals surface area (Å²) < 4.78 is 0. The monoisotopic (exact) mass is 254 g/mol. The van der Waals surface area contributed by atoms with Gasteiger partial charge in [0.1, 0.15) is 0 Å². The van der Waals surface area contributed by atoms with Crippen molar-refractivity contribution in [3.63, 3.8) is 0 Å². The van der Waals surface area contributed by atoms with Crippen molar-refractivity contribution in [3.8, 4) is 0 Å². The molecule has 1 aromatic rings. The standard InChI is InChI=1S/C13H19ClN2O/c1-13(2)9-15-10(8-17)7-16(13)12-6-4-3-5-11(12)14/h3-6,10,15,17H,7-9H2,1-2H3. The number of hydrogen-bond donors (Lipinski definition) is 2. The van der Waals surface area contributed by atoms with E-state index in [-0.39, 0.29) is 18.2 Å². The van der Waals surface area contributed by atoms with E-state index in [9.17, 15) is 5.11 Å². The van der Waals surface area contributed by atoms with Crippen LogP contribution in [0.25, 0.3) is 0 Å². The molecule has 0 aromatic heterocycles. The van der Waals surface area contributed by atoms with Crippen molar-refractivity contribution in [3.05, 3.63) is 29.3 Å².